The lowest BCUT2D eigenvalue weighted by atomic mass is 9.80. The van der Waals surface area contributed by atoms with E-state index in [0.29, 0.717) is 0 Å². The van der Waals surface area contributed by atoms with Crippen molar-refractivity contribution in [1.29, 1.82) is 0 Å². The lowest BCUT2D eigenvalue weighted by molar-refractivity contribution is -0.439. The highest BCUT2D eigenvalue weighted by molar-refractivity contribution is 6.39. The number of halogens is 2. The summed E-state index contributed by atoms with van der Waals surface area (Å²) in [5, 5.41) is 79.6. The second-order valence-corrected chi connectivity index (χ2v) is 26.2. The Kier molecular flexibility index (Phi) is 21.4. The number of hydrogen-bond acceptors (Lipinski definition) is 32. The molecule has 0 bridgehead atoms. The summed E-state index contributed by atoms with van der Waals surface area (Å²) >= 11 is 12.5. The van der Waals surface area contributed by atoms with E-state index in [1.54, 1.807) is 34.6 Å². The van der Waals surface area contributed by atoms with Gasteiger partial charge in [0.2, 0.25) is 6.29 Å². The van der Waals surface area contributed by atoms with E-state index in [1.807, 2.05) is 0 Å². The van der Waals surface area contributed by atoms with Crippen molar-refractivity contribution in [2.24, 2.45) is 0 Å². The molecular formula is C59H86Cl2O32. The normalized spacial score (nSPS) is 48.4. The van der Waals surface area contributed by atoms with Crippen LogP contribution in [-0.2, 0) is 109 Å². The molecule has 93 heavy (non-hydrogen) atoms. The van der Waals surface area contributed by atoms with Crippen LogP contribution in [-0.4, -0.2) is 291 Å². The van der Waals surface area contributed by atoms with Crippen LogP contribution >= 0.6 is 23.2 Å². The van der Waals surface area contributed by atoms with Gasteiger partial charge in [-0.1, -0.05) is 23.2 Å². The van der Waals surface area contributed by atoms with Crippen molar-refractivity contribution in [1.82, 2.24) is 0 Å². The number of ether oxygens (including phenoxy) is 23. The summed E-state index contributed by atoms with van der Waals surface area (Å²) in [5.74, 6) is -6.16. The van der Waals surface area contributed by atoms with Crippen LogP contribution in [0.5, 0.6) is 11.5 Å². The maximum Gasteiger partial charge on any atom is 0.342 e. The molecule has 10 aliphatic heterocycles. The summed E-state index contributed by atoms with van der Waals surface area (Å²) in [6.45, 7) is 13.2. The van der Waals surface area contributed by atoms with E-state index in [9.17, 15) is 45.3 Å². The summed E-state index contributed by atoms with van der Waals surface area (Å²) in [4.78, 5) is 26.3. The third-order valence-electron chi connectivity index (χ3n) is 19.1. The fraction of sp³-hybridized carbons (Fsp3) is 0.864. The van der Waals surface area contributed by atoms with Crippen LogP contribution in [0.15, 0.2) is 0 Å². The Labute approximate surface area is 545 Å². The molecule has 7 N–H and O–H groups in total. The van der Waals surface area contributed by atoms with Crippen molar-refractivity contribution >= 4 is 35.1 Å². The minimum Gasteiger partial charge on any atom is -0.505 e. The van der Waals surface area contributed by atoms with E-state index in [2.05, 4.69) is 0 Å². The molecule has 10 saturated heterocycles. The van der Waals surface area contributed by atoms with Gasteiger partial charge >= 0.3 is 17.9 Å². The molecule has 32 nitrogen and oxygen atoms in total. The minimum absolute atomic E-state index is 0.00659. The van der Waals surface area contributed by atoms with Crippen LogP contribution in [0.1, 0.15) is 90.6 Å². The van der Waals surface area contributed by atoms with Gasteiger partial charge in [0.05, 0.1) is 80.6 Å². The third kappa shape index (κ3) is 13.1. The van der Waals surface area contributed by atoms with E-state index in [4.69, 9.17) is 132 Å². The first-order valence-electron chi connectivity index (χ1n) is 30.9. The van der Waals surface area contributed by atoms with E-state index in [-0.39, 0.29) is 66.2 Å². The SMILES string of the molecule is COC[C@H]1O[C@@H](OC2OC[C@@H]3OC4(O[C@H]3[C@H]2OC(C)=O)O[C@H](C)[C@@](O)(C(C)O)[C@@H]2OCO[C@H]24)[C@@H](OC)[C@@H](O)[C@@H]1O[C@@H]1O[C@H](C)[C@H](OC)C(OC2C[C@@]3(C)OC4(C[C@@H](O)[C@H](OC5C[C@@H](O)[C@H](OC(=O)c6c(C)c(Cl)c(O)c(Cl)c6OC)[C@@H](C)O5)[C@@H](C)O4)O[C@@H]3[C@@H](C)O2)C1O. The monoisotopic (exact) mass is 1380 g/mol. The Morgan fingerprint density at radius 3 is 2.01 bits per heavy atom. The van der Waals surface area contributed by atoms with Crippen LogP contribution in [0.25, 0.3) is 0 Å². The highest BCUT2D eigenvalue weighted by Gasteiger charge is 2.73. The van der Waals surface area contributed by atoms with Gasteiger partial charge in [-0.25, -0.2) is 4.79 Å². The number of methoxy groups -OCH3 is 4. The van der Waals surface area contributed by atoms with Crippen molar-refractivity contribution in [2.75, 3.05) is 48.4 Å². The summed E-state index contributed by atoms with van der Waals surface area (Å²) in [6, 6.07) is 0. The molecule has 10 heterocycles. The Morgan fingerprint density at radius 2 is 1.35 bits per heavy atom. The number of phenols is 1. The standard InChI is InChI=1S/C59H86Cl2O32/c1-20-34(45(73-12)36(61)37(66)35(20)60)52(69)85-40-21(2)78-32(14-28(40)64)83-41-23(4)88-57(15-29(41)65)92-49-24(5)79-33(16-56(49,9)93-57)84-46-39(68)53(80-22(3)42(46)72-11)86-43-30(17-71-10)82-55(47(74-13)38(43)67)87-54-48(81-27(8)63)44-31(18-75-54)90-59(91-44)51-50(76-19-77-51)58(70,25(6)62)26(7)89-59/h21-26,28-33,38-44,46-51,53-55,62,64-68,70H,14-19H2,1-13H3/t21-,22-,23-,24-,25?,26-,28-,29-,30-,31+,32?,33?,38+,39?,40-,41-,42+,43-,44-,46?,47+,48-,49-,50-,51-,53+,54?,55+,56-,57?,58+,59?/m1/s1. The van der Waals surface area contributed by atoms with Crippen LogP contribution in [0.3, 0.4) is 0 Å². The first kappa shape index (κ1) is 71.6. The van der Waals surface area contributed by atoms with Crippen molar-refractivity contribution in [3.05, 3.63) is 21.2 Å². The molecule has 2 spiro atoms. The number of aliphatic hydroxyl groups is 6. The van der Waals surface area contributed by atoms with Gasteiger partial charge in [-0.3, -0.25) is 4.79 Å². The third-order valence-corrected chi connectivity index (χ3v) is 19.9. The fourth-order valence-electron chi connectivity index (χ4n) is 14.6. The van der Waals surface area contributed by atoms with Crippen molar-refractivity contribution < 1.29 is 154 Å². The number of hydrogen-bond donors (Lipinski definition) is 7. The van der Waals surface area contributed by atoms with E-state index >= 15 is 0 Å². The molecule has 528 valence electrons. The number of rotatable bonds is 17. The molecule has 0 radical (unpaired) electrons. The Balaban J connectivity index is 0.715. The molecular weight excluding hydrogens is 1290 g/mol. The predicted octanol–water partition coefficient (Wildman–Crippen LogP) is 0.208. The van der Waals surface area contributed by atoms with Crippen LogP contribution < -0.4 is 4.74 Å². The number of benzene rings is 1. The number of phenolic OH excluding ortho intramolecular Hbond substituents is 1. The zero-order chi connectivity index (χ0) is 67.3. The Morgan fingerprint density at radius 1 is 0.667 bits per heavy atom. The van der Waals surface area contributed by atoms with Gasteiger partial charge in [0.15, 0.2) is 55.0 Å². The molecule has 0 saturated carbocycles. The lowest BCUT2D eigenvalue weighted by Gasteiger charge is -2.51. The number of carbonyl (C=O) groups is 2. The molecule has 10 fully saturated rings. The van der Waals surface area contributed by atoms with Gasteiger partial charge in [0.1, 0.15) is 102 Å². The van der Waals surface area contributed by atoms with Crippen LogP contribution in [0.4, 0.5) is 0 Å². The Hall–Kier alpha value is -2.70. The highest BCUT2D eigenvalue weighted by atomic mass is 35.5. The van der Waals surface area contributed by atoms with E-state index in [1.165, 1.54) is 56.1 Å². The molecule has 1 aromatic carbocycles. The lowest BCUT2D eigenvalue weighted by Crippen LogP contribution is -2.72. The highest BCUT2D eigenvalue weighted by Crippen LogP contribution is 2.53. The minimum atomic E-state index is -2.02. The first-order chi connectivity index (χ1) is 44.0. The summed E-state index contributed by atoms with van der Waals surface area (Å²) < 4.78 is 141. The van der Waals surface area contributed by atoms with Crippen LogP contribution in [0, 0.1) is 6.92 Å². The molecule has 8 unspecified atom stereocenters. The van der Waals surface area contributed by atoms with E-state index in [0.717, 1.165) is 0 Å². The average molecular weight is 1380 g/mol. The smallest absolute Gasteiger partial charge is 0.342 e. The molecule has 0 aliphatic carbocycles. The molecule has 11 rings (SSSR count). The molecule has 32 atom stereocenters. The number of carbonyl (C=O) groups excluding carboxylic acids is 2. The van der Waals surface area contributed by atoms with Gasteiger partial charge in [0.25, 0.3) is 5.97 Å². The number of esters is 2. The predicted molar refractivity (Wildman–Crippen MR) is 305 cm³/mol. The number of aliphatic hydroxyl groups excluding tert-OH is 5. The topological polar surface area (TPSA) is 388 Å². The summed E-state index contributed by atoms with van der Waals surface area (Å²) in [5.41, 5.74) is -3.13. The van der Waals surface area contributed by atoms with Crippen molar-refractivity contribution in [3.63, 3.8) is 0 Å². The molecule has 1 aromatic rings. The number of aromatic hydroxyl groups is 1. The Bertz CT molecular complexity index is 2780. The van der Waals surface area contributed by atoms with E-state index < -0.39 is 213 Å². The zero-order valence-electron chi connectivity index (χ0n) is 53.5. The summed E-state index contributed by atoms with van der Waals surface area (Å²) in [6.07, 6.45) is -33.6. The molecule has 34 heteroatoms. The summed E-state index contributed by atoms with van der Waals surface area (Å²) in [7, 11) is 5.35. The second kappa shape index (κ2) is 27.8. The molecule has 0 amide bonds. The van der Waals surface area contributed by atoms with Gasteiger partial charge in [0, 0.05) is 41.1 Å². The quantitative estimate of drug-likeness (QED) is 0.103. The fourth-order valence-corrected chi connectivity index (χ4v) is 15.1. The van der Waals surface area contributed by atoms with Gasteiger partial charge in [-0.2, -0.15) is 0 Å². The first-order valence-corrected chi connectivity index (χ1v) is 31.7. The van der Waals surface area contributed by atoms with Crippen molar-refractivity contribution in [3.8, 4) is 11.5 Å². The second-order valence-electron chi connectivity index (χ2n) is 25.4. The van der Waals surface area contributed by atoms with Crippen molar-refractivity contribution in [2.45, 2.75) is 277 Å². The van der Waals surface area contributed by atoms with Crippen LogP contribution in [0.2, 0.25) is 10.0 Å². The van der Waals surface area contributed by atoms with Gasteiger partial charge < -0.3 is 145 Å². The maximum atomic E-state index is 13.5. The average Bonchev–Trinajstić information content (AvgIpc) is 1.59. The zero-order valence-corrected chi connectivity index (χ0v) is 55.0. The molecule has 0 aromatic heterocycles. The van der Waals surface area contributed by atoms with Gasteiger partial charge in [-0.15, -0.1) is 0 Å². The van der Waals surface area contributed by atoms with Gasteiger partial charge in [-0.05, 0) is 61.0 Å². The largest absolute Gasteiger partial charge is 0.505 e. The maximum absolute atomic E-state index is 13.5. The molecule has 10 aliphatic rings. The number of fused-ring (bicyclic) bond motifs is 4.